The molecule has 0 heterocycles. The van der Waals surface area contributed by atoms with Gasteiger partial charge in [-0.05, 0) is 66.8 Å². The van der Waals surface area contributed by atoms with E-state index in [1.54, 1.807) is 6.08 Å². The zero-order valence-corrected chi connectivity index (χ0v) is 17.9. The van der Waals surface area contributed by atoms with Gasteiger partial charge in [0.05, 0.1) is 5.57 Å². The van der Waals surface area contributed by atoms with Gasteiger partial charge in [-0.2, -0.15) is 5.26 Å². The maximum atomic E-state index is 10.2. The van der Waals surface area contributed by atoms with E-state index in [2.05, 4.69) is 74.2 Å². The zero-order valence-electron chi connectivity index (χ0n) is 17.9. The monoisotopic (exact) mass is 386 g/mol. The topological polar surface area (TPSA) is 47.3 Å². The fourth-order valence-corrected chi connectivity index (χ4v) is 4.13. The van der Waals surface area contributed by atoms with Crippen LogP contribution in [-0.2, 0) is 0 Å². The molecule has 1 N–H and O–H groups in total. The summed E-state index contributed by atoms with van der Waals surface area (Å²) in [6.45, 7) is 10.3. The molecule has 1 atom stereocenters. The lowest BCUT2D eigenvalue weighted by Gasteiger charge is -2.30. The van der Waals surface area contributed by atoms with Crippen LogP contribution in [0, 0.1) is 24.2 Å². The fourth-order valence-electron chi connectivity index (χ4n) is 4.13. The minimum atomic E-state index is 0.0993. The van der Waals surface area contributed by atoms with Gasteiger partial charge < -0.3 is 10.0 Å². The van der Waals surface area contributed by atoms with Gasteiger partial charge in [0, 0.05) is 24.2 Å². The lowest BCUT2D eigenvalue weighted by Crippen LogP contribution is -2.29. The van der Waals surface area contributed by atoms with Gasteiger partial charge in [-0.1, -0.05) is 50.3 Å². The molecule has 0 amide bonds. The molecule has 29 heavy (non-hydrogen) atoms. The molecule has 0 fully saturated rings. The van der Waals surface area contributed by atoms with Gasteiger partial charge in [0.2, 0.25) is 0 Å². The average Bonchev–Trinajstić information content (AvgIpc) is 2.70. The van der Waals surface area contributed by atoms with Crippen molar-refractivity contribution in [2.45, 2.75) is 40.5 Å². The third-order valence-electron chi connectivity index (χ3n) is 5.76. The predicted molar refractivity (Wildman–Crippen MR) is 122 cm³/mol. The summed E-state index contributed by atoms with van der Waals surface area (Å²) in [7, 11) is 0. The smallest absolute Gasteiger partial charge is 0.129 e. The van der Waals surface area contributed by atoms with E-state index in [9.17, 15) is 10.4 Å². The van der Waals surface area contributed by atoms with Crippen LogP contribution in [0.1, 0.15) is 39.2 Å². The second-order valence-electron chi connectivity index (χ2n) is 7.99. The maximum Gasteiger partial charge on any atom is 0.129 e. The maximum absolute atomic E-state index is 10.2. The molecular formula is C26H30N2O. The highest BCUT2D eigenvalue weighted by Gasteiger charge is 2.19. The Morgan fingerprint density at radius 2 is 1.90 bits per heavy atom. The first-order chi connectivity index (χ1) is 14.0. The molecule has 0 saturated carbocycles. The van der Waals surface area contributed by atoms with Crippen LogP contribution in [0.25, 0.3) is 10.8 Å². The Bertz CT molecular complexity index is 1030. The van der Waals surface area contributed by atoms with Gasteiger partial charge in [-0.15, -0.1) is 0 Å². The van der Waals surface area contributed by atoms with E-state index in [0.717, 1.165) is 31.5 Å². The average molecular weight is 387 g/mol. The van der Waals surface area contributed by atoms with Crippen molar-refractivity contribution in [3.63, 3.8) is 0 Å². The second kappa shape index (κ2) is 9.01. The summed E-state index contributed by atoms with van der Waals surface area (Å²) in [6.07, 6.45) is 5.67. The Labute approximate surface area is 174 Å². The fraction of sp³-hybridized carbons (Fsp3) is 0.346. The normalized spacial score (nSPS) is 23.3. The molecule has 1 unspecified atom stereocenters. The first kappa shape index (κ1) is 20.7. The van der Waals surface area contributed by atoms with Crippen molar-refractivity contribution >= 4 is 16.5 Å². The number of aryl methyl sites for hydroxylation is 1. The molecule has 3 heteroatoms. The molecule has 2 aromatic carbocycles. The number of hydrogen-bond acceptors (Lipinski definition) is 3. The van der Waals surface area contributed by atoms with E-state index >= 15 is 0 Å². The number of benzene rings is 2. The summed E-state index contributed by atoms with van der Waals surface area (Å²) in [4.78, 5) is 2.46. The molecule has 0 bridgehead atoms. The minimum Gasteiger partial charge on any atom is -0.507 e. The van der Waals surface area contributed by atoms with Gasteiger partial charge in [0.1, 0.15) is 11.8 Å². The van der Waals surface area contributed by atoms with Crippen molar-refractivity contribution in [1.29, 1.82) is 5.26 Å². The number of rotatable bonds is 5. The Kier molecular flexibility index (Phi) is 6.44. The van der Waals surface area contributed by atoms with Crippen LogP contribution in [0.15, 0.2) is 71.0 Å². The lowest BCUT2D eigenvalue weighted by molar-refractivity contribution is 0.420. The Morgan fingerprint density at radius 3 is 2.59 bits per heavy atom. The van der Waals surface area contributed by atoms with Crippen LogP contribution in [0.5, 0.6) is 0 Å². The predicted octanol–water partition coefficient (Wildman–Crippen LogP) is 6.61. The summed E-state index contributed by atoms with van der Waals surface area (Å²) in [5, 5.41) is 22.2. The molecule has 3 nitrogen and oxygen atoms in total. The number of hydrogen-bond donors (Lipinski definition) is 1. The van der Waals surface area contributed by atoms with Crippen molar-refractivity contribution in [1.82, 2.24) is 0 Å². The van der Waals surface area contributed by atoms with E-state index in [0.29, 0.717) is 11.5 Å². The molecule has 3 rings (SSSR count). The van der Waals surface area contributed by atoms with Crippen molar-refractivity contribution in [3.05, 3.63) is 76.6 Å². The largest absolute Gasteiger partial charge is 0.507 e. The third kappa shape index (κ3) is 4.38. The summed E-state index contributed by atoms with van der Waals surface area (Å²) in [6, 6.07) is 15.1. The van der Waals surface area contributed by atoms with Crippen molar-refractivity contribution in [2.24, 2.45) is 5.92 Å². The summed E-state index contributed by atoms with van der Waals surface area (Å²) < 4.78 is 0. The van der Waals surface area contributed by atoms with E-state index in [4.69, 9.17) is 0 Å². The third-order valence-corrected chi connectivity index (χ3v) is 5.76. The van der Waals surface area contributed by atoms with E-state index < -0.39 is 0 Å². The summed E-state index contributed by atoms with van der Waals surface area (Å²) in [5.74, 6) is 0.394. The van der Waals surface area contributed by atoms with Crippen molar-refractivity contribution in [3.8, 4) is 6.07 Å². The minimum absolute atomic E-state index is 0.0993. The summed E-state index contributed by atoms with van der Waals surface area (Å²) >= 11 is 0. The molecule has 2 aromatic rings. The van der Waals surface area contributed by atoms with E-state index in [-0.39, 0.29) is 5.76 Å². The van der Waals surface area contributed by atoms with Gasteiger partial charge in [-0.3, -0.25) is 0 Å². The number of nitriles is 1. The Morgan fingerprint density at radius 1 is 1.17 bits per heavy atom. The van der Waals surface area contributed by atoms with Gasteiger partial charge in [0.25, 0.3) is 0 Å². The van der Waals surface area contributed by atoms with Crippen LogP contribution < -0.4 is 4.90 Å². The van der Waals surface area contributed by atoms with Gasteiger partial charge in [0.15, 0.2) is 0 Å². The number of anilines is 1. The van der Waals surface area contributed by atoms with Crippen LogP contribution in [-0.4, -0.2) is 18.2 Å². The second-order valence-corrected chi connectivity index (χ2v) is 7.99. The number of aliphatic hydroxyl groups excluding tert-OH is 1. The van der Waals surface area contributed by atoms with Crippen LogP contribution in [0.2, 0.25) is 0 Å². The SMILES string of the molecule is CCCN(C/C1=C/C(C)=C(C#N)\C(O)=C\CC1C)c1cccc2cccc(C)c12. The van der Waals surface area contributed by atoms with Crippen molar-refractivity contribution in [2.75, 3.05) is 18.0 Å². The number of allylic oxidation sites excluding steroid dienone is 4. The first-order valence-corrected chi connectivity index (χ1v) is 10.4. The number of nitrogens with zero attached hydrogens (tertiary/aromatic N) is 2. The molecule has 1 aliphatic carbocycles. The van der Waals surface area contributed by atoms with Gasteiger partial charge >= 0.3 is 0 Å². The number of fused-ring (bicyclic) bond motifs is 1. The highest BCUT2D eigenvalue weighted by molar-refractivity contribution is 5.97. The molecule has 0 radical (unpaired) electrons. The standard InChI is InChI=1S/C26H30N2O/c1-5-14-28(24-11-7-10-21-9-6-8-19(3)26(21)24)17-22-15-20(4)23(16-27)25(29)13-12-18(22)2/h6-11,13,15,18,29H,5,12,14,17H2,1-4H3/b22-15-,23-20-,25-13-. The van der Waals surface area contributed by atoms with Crippen molar-refractivity contribution < 1.29 is 5.11 Å². The molecular weight excluding hydrogens is 356 g/mol. The van der Waals surface area contributed by atoms with Gasteiger partial charge in [-0.25, -0.2) is 0 Å². The molecule has 0 spiro atoms. The molecule has 0 aliphatic heterocycles. The highest BCUT2D eigenvalue weighted by atomic mass is 16.3. The number of aliphatic hydroxyl groups is 1. The van der Waals surface area contributed by atoms with Crippen LogP contribution >= 0.6 is 0 Å². The quantitative estimate of drug-likeness (QED) is 0.628. The summed E-state index contributed by atoms with van der Waals surface area (Å²) in [5.41, 5.74) is 5.04. The Balaban J connectivity index is 2.06. The molecule has 0 saturated heterocycles. The van der Waals surface area contributed by atoms with E-state index in [1.807, 2.05) is 6.92 Å². The Hall–Kier alpha value is -2.99. The van der Waals surface area contributed by atoms with E-state index in [1.165, 1.54) is 27.6 Å². The molecule has 150 valence electrons. The van der Waals surface area contributed by atoms with Crippen LogP contribution in [0.3, 0.4) is 0 Å². The van der Waals surface area contributed by atoms with Crippen LogP contribution in [0.4, 0.5) is 5.69 Å². The lowest BCUT2D eigenvalue weighted by atomic mass is 9.90. The molecule has 1 aliphatic rings. The molecule has 0 aromatic heterocycles. The highest BCUT2D eigenvalue weighted by Crippen LogP contribution is 2.32. The first-order valence-electron chi connectivity index (χ1n) is 10.4. The zero-order chi connectivity index (χ0) is 21.0.